The van der Waals surface area contributed by atoms with Gasteiger partial charge in [0.1, 0.15) is 0 Å². The molecule has 2 heterocycles. The van der Waals surface area contributed by atoms with Crippen LogP contribution in [-0.4, -0.2) is 15.5 Å². The number of hydrogen-bond acceptors (Lipinski definition) is 3. The number of amides is 1. The van der Waals surface area contributed by atoms with Crippen LogP contribution in [0.25, 0.3) is 16.7 Å². The van der Waals surface area contributed by atoms with Gasteiger partial charge >= 0.3 is 0 Å². The summed E-state index contributed by atoms with van der Waals surface area (Å²) in [6, 6.07) is 22.3. The van der Waals surface area contributed by atoms with Crippen molar-refractivity contribution in [2.45, 2.75) is 46.6 Å². The molecule has 4 aromatic rings. The zero-order valence-electron chi connectivity index (χ0n) is 20.3. The van der Waals surface area contributed by atoms with Crippen molar-refractivity contribution in [3.8, 4) is 0 Å². The smallest absolute Gasteiger partial charge is 0.255 e. The highest BCUT2D eigenvalue weighted by Crippen LogP contribution is 2.39. The van der Waals surface area contributed by atoms with Crippen LogP contribution in [0.15, 0.2) is 72.3 Å². The standard InChI is InChI=1S/C29H30N4O/c1-17(2)21-11-13-22(14-12-21)27-26(28(34)30-23-15-10-18(3)16-19(23)4)20(5)33-25-9-7-6-8-24(25)31-29(33)32-27/h6-17,27H,1-5H3,(H,30,34)(H,31,32)/t27-/m0/s1. The van der Waals surface area contributed by atoms with Crippen LogP contribution in [0, 0.1) is 13.8 Å². The molecule has 5 heteroatoms. The second-order valence-electron chi connectivity index (χ2n) is 9.43. The summed E-state index contributed by atoms with van der Waals surface area (Å²) in [7, 11) is 0. The second kappa shape index (κ2) is 8.49. The first-order valence-corrected chi connectivity index (χ1v) is 11.8. The Kier molecular flexibility index (Phi) is 5.48. The van der Waals surface area contributed by atoms with Crippen LogP contribution in [0.4, 0.5) is 11.6 Å². The highest BCUT2D eigenvalue weighted by Gasteiger charge is 2.33. The number of hydrogen-bond donors (Lipinski definition) is 2. The van der Waals surface area contributed by atoms with E-state index in [1.54, 1.807) is 0 Å². The van der Waals surface area contributed by atoms with E-state index in [4.69, 9.17) is 4.98 Å². The van der Waals surface area contributed by atoms with Gasteiger partial charge in [0.05, 0.1) is 22.6 Å². The number of imidazole rings is 1. The predicted molar refractivity (Wildman–Crippen MR) is 140 cm³/mol. The number of aryl methyl sites for hydroxylation is 2. The fourth-order valence-corrected chi connectivity index (χ4v) is 4.76. The molecule has 0 spiro atoms. The zero-order chi connectivity index (χ0) is 24.0. The van der Waals surface area contributed by atoms with E-state index in [1.165, 1.54) is 11.1 Å². The Bertz CT molecular complexity index is 1430. The summed E-state index contributed by atoms with van der Waals surface area (Å²) >= 11 is 0. The van der Waals surface area contributed by atoms with E-state index in [9.17, 15) is 4.79 Å². The van der Waals surface area contributed by atoms with Crippen LogP contribution < -0.4 is 10.6 Å². The molecule has 0 saturated heterocycles. The normalized spacial score (nSPS) is 15.4. The molecule has 0 unspecified atom stereocenters. The first kappa shape index (κ1) is 22.0. The van der Waals surface area contributed by atoms with Crippen molar-refractivity contribution in [1.82, 2.24) is 9.55 Å². The fraction of sp³-hybridized carbons (Fsp3) is 0.241. The zero-order valence-corrected chi connectivity index (χ0v) is 20.3. The number of aromatic nitrogens is 2. The van der Waals surface area contributed by atoms with E-state index in [0.29, 0.717) is 11.5 Å². The first-order chi connectivity index (χ1) is 16.3. The summed E-state index contributed by atoms with van der Waals surface area (Å²) in [4.78, 5) is 18.6. The van der Waals surface area contributed by atoms with Gasteiger partial charge < -0.3 is 10.6 Å². The second-order valence-corrected chi connectivity index (χ2v) is 9.43. The van der Waals surface area contributed by atoms with Crippen LogP contribution in [0.2, 0.25) is 0 Å². The maximum atomic E-state index is 13.8. The van der Waals surface area contributed by atoms with Gasteiger partial charge in [-0.1, -0.05) is 67.9 Å². The molecule has 0 radical (unpaired) electrons. The SMILES string of the molecule is CC1=C(C(=O)Nc2ccc(C)cc2C)[C@H](c2ccc(C(C)C)cc2)Nc2nc3ccccc3n21. The lowest BCUT2D eigenvalue weighted by Crippen LogP contribution is -2.30. The van der Waals surface area contributed by atoms with Gasteiger partial charge in [-0.2, -0.15) is 0 Å². The molecule has 5 rings (SSSR count). The van der Waals surface area contributed by atoms with E-state index in [2.05, 4.69) is 61.7 Å². The van der Waals surface area contributed by atoms with Crippen molar-refractivity contribution in [1.29, 1.82) is 0 Å². The Labute approximate surface area is 200 Å². The van der Waals surface area contributed by atoms with Crippen LogP contribution in [0.1, 0.15) is 55.0 Å². The summed E-state index contributed by atoms with van der Waals surface area (Å²) in [5.41, 5.74) is 8.79. The molecule has 0 bridgehead atoms. The molecule has 1 aliphatic heterocycles. The molecule has 0 aliphatic carbocycles. The lowest BCUT2D eigenvalue weighted by atomic mass is 9.92. The molecule has 2 N–H and O–H groups in total. The minimum Gasteiger partial charge on any atom is -0.344 e. The maximum Gasteiger partial charge on any atom is 0.255 e. The molecule has 0 saturated carbocycles. The number of rotatable bonds is 4. The van der Waals surface area contributed by atoms with Gasteiger partial charge in [-0.15, -0.1) is 0 Å². The first-order valence-electron chi connectivity index (χ1n) is 11.8. The number of anilines is 2. The van der Waals surface area contributed by atoms with E-state index in [-0.39, 0.29) is 11.9 Å². The Balaban J connectivity index is 1.63. The fourth-order valence-electron chi connectivity index (χ4n) is 4.76. The predicted octanol–water partition coefficient (Wildman–Crippen LogP) is 6.81. The molecule has 172 valence electrons. The maximum absolute atomic E-state index is 13.8. The van der Waals surface area contributed by atoms with Crippen molar-refractivity contribution in [2.75, 3.05) is 10.6 Å². The molecule has 34 heavy (non-hydrogen) atoms. The van der Waals surface area contributed by atoms with E-state index < -0.39 is 0 Å². The molecule has 5 nitrogen and oxygen atoms in total. The highest BCUT2D eigenvalue weighted by atomic mass is 16.1. The summed E-state index contributed by atoms with van der Waals surface area (Å²) in [6.07, 6.45) is 0. The van der Waals surface area contributed by atoms with Crippen LogP contribution in [-0.2, 0) is 4.79 Å². The van der Waals surface area contributed by atoms with Gasteiger partial charge in [0.15, 0.2) is 0 Å². The molecule has 1 aromatic heterocycles. The van der Waals surface area contributed by atoms with Gasteiger partial charge in [0.2, 0.25) is 5.95 Å². The Morgan fingerprint density at radius 3 is 2.44 bits per heavy atom. The number of carbonyl (C=O) groups excluding carboxylic acids is 1. The number of fused-ring (bicyclic) bond motifs is 3. The molecule has 1 atom stereocenters. The van der Waals surface area contributed by atoms with Gasteiger partial charge in [0, 0.05) is 11.4 Å². The van der Waals surface area contributed by atoms with Crippen molar-refractivity contribution < 1.29 is 4.79 Å². The van der Waals surface area contributed by atoms with Crippen LogP contribution in [0.3, 0.4) is 0 Å². The van der Waals surface area contributed by atoms with Crippen LogP contribution in [0.5, 0.6) is 0 Å². The third-order valence-corrected chi connectivity index (χ3v) is 6.66. The average molecular weight is 451 g/mol. The molecule has 1 amide bonds. The van der Waals surface area contributed by atoms with Crippen molar-refractivity contribution in [3.63, 3.8) is 0 Å². The third kappa shape index (κ3) is 3.77. The summed E-state index contributed by atoms with van der Waals surface area (Å²) in [6.45, 7) is 10.4. The Hall–Kier alpha value is -3.86. The molecule has 0 fully saturated rings. The van der Waals surface area contributed by atoms with E-state index in [1.807, 2.05) is 54.8 Å². The van der Waals surface area contributed by atoms with Crippen molar-refractivity contribution in [2.24, 2.45) is 0 Å². The molecular formula is C29H30N4O. The topological polar surface area (TPSA) is 59.0 Å². The average Bonchev–Trinajstić information content (AvgIpc) is 3.19. The summed E-state index contributed by atoms with van der Waals surface area (Å²) < 4.78 is 2.05. The van der Waals surface area contributed by atoms with E-state index >= 15 is 0 Å². The third-order valence-electron chi connectivity index (χ3n) is 6.66. The Morgan fingerprint density at radius 1 is 1.00 bits per heavy atom. The highest BCUT2D eigenvalue weighted by molar-refractivity contribution is 6.10. The van der Waals surface area contributed by atoms with Crippen molar-refractivity contribution in [3.05, 3.63) is 94.6 Å². The molecule has 1 aliphatic rings. The lowest BCUT2D eigenvalue weighted by Gasteiger charge is -2.30. The minimum absolute atomic E-state index is 0.113. The largest absolute Gasteiger partial charge is 0.344 e. The number of nitrogens with one attached hydrogen (secondary N) is 2. The summed E-state index contributed by atoms with van der Waals surface area (Å²) in [5, 5.41) is 6.72. The van der Waals surface area contributed by atoms with Crippen LogP contribution >= 0.6 is 0 Å². The number of allylic oxidation sites excluding steroid dienone is 1. The number of benzene rings is 3. The monoisotopic (exact) mass is 450 g/mol. The van der Waals surface area contributed by atoms with Crippen molar-refractivity contribution >= 4 is 34.3 Å². The summed E-state index contributed by atoms with van der Waals surface area (Å²) in [5.74, 6) is 1.08. The number of carbonyl (C=O) groups is 1. The minimum atomic E-state index is -0.309. The van der Waals surface area contributed by atoms with E-state index in [0.717, 1.165) is 39.5 Å². The molecule has 3 aromatic carbocycles. The molecular weight excluding hydrogens is 420 g/mol. The van der Waals surface area contributed by atoms with Gasteiger partial charge in [-0.25, -0.2) is 4.98 Å². The number of nitrogens with zero attached hydrogens (tertiary/aromatic N) is 2. The van der Waals surface area contributed by atoms with Gasteiger partial charge in [-0.3, -0.25) is 9.36 Å². The lowest BCUT2D eigenvalue weighted by molar-refractivity contribution is -0.113. The number of para-hydroxylation sites is 2. The quantitative estimate of drug-likeness (QED) is 0.359. The van der Waals surface area contributed by atoms with Gasteiger partial charge in [0.25, 0.3) is 5.91 Å². The van der Waals surface area contributed by atoms with Gasteiger partial charge in [-0.05, 0) is 61.6 Å². The Morgan fingerprint density at radius 2 is 1.74 bits per heavy atom.